The highest BCUT2D eigenvalue weighted by molar-refractivity contribution is 7.71. The van der Waals surface area contributed by atoms with E-state index in [-0.39, 0.29) is 0 Å². The zero-order valence-corrected chi connectivity index (χ0v) is 11.3. The van der Waals surface area contributed by atoms with Crippen molar-refractivity contribution >= 4 is 12.2 Å². The van der Waals surface area contributed by atoms with Crippen LogP contribution in [0.3, 0.4) is 0 Å². The van der Waals surface area contributed by atoms with E-state index in [9.17, 15) is 0 Å². The van der Waals surface area contributed by atoms with Crippen molar-refractivity contribution < 1.29 is 9.47 Å². The number of ether oxygens (including phenoxy) is 2. The van der Waals surface area contributed by atoms with Crippen LogP contribution in [0.4, 0.5) is 0 Å². The number of benzene rings is 1. The average molecular weight is 262 g/mol. The van der Waals surface area contributed by atoms with Crippen LogP contribution in [0.25, 0.3) is 11.3 Å². The number of nitrogens with zero attached hydrogens (tertiary/aromatic N) is 1. The summed E-state index contributed by atoms with van der Waals surface area (Å²) in [5.74, 6) is 1.39. The highest BCUT2D eigenvalue weighted by Crippen LogP contribution is 2.32. The zero-order chi connectivity index (χ0) is 13.1. The topological polar surface area (TPSA) is 47.1 Å². The van der Waals surface area contributed by atoms with Gasteiger partial charge in [0, 0.05) is 11.8 Å². The van der Waals surface area contributed by atoms with Crippen LogP contribution < -0.4 is 9.47 Å². The van der Waals surface area contributed by atoms with Crippen molar-refractivity contribution in [3.05, 3.63) is 34.7 Å². The molecule has 0 amide bonds. The molecule has 0 saturated carbocycles. The summed E-state index contributed by atoms with van der Waals surface area (Å²) in [6, 6.07) is 5.73. The second kappa shape index (κ2) is 5.18. The van der Waals surface area contributed by atoms with Crippen LogP contribution >= 0.6 is 12.2 Å². The minimum Gasteiger partial charge on any atom is -0.493 e. The van der Waals surface area contributed by atoms with Crippen molar-refractivity contribution in [3.8, 4) is 22.8 Å². The van der Waals surface area contributed by atoms with E-state index >= 15 is 0 Å². The third kappa shape index (κ3) is 2.36. The van der Waals surface area contributed by atoms with Crippen LogP contribution in [0.5, 0.6) is 11.5 Å². The molecule has 4 nitrogen and oxygen atoms in total. The van der Waals surface area contributed by atoms with Crippen molar-refractivity contribution in [1.82, 2.24) is 9.97 Å². The molecule has 0 bridgehead atoms. The number of rotatable bonds is 3. The van der Waals surface area contributed by atoms with Gasteiger partial charge in [-0.2, -0.15) is 0 Å². The van der Waals surface area contributed by atoms with Gasteiger partial charge in [0.25, 0.3) is 0 Å². The SMILES string of the molecule is COc1ccc(-c2[nH]c(=S)ncc2C)cc1OC. The summed E-state index contributed by atoms with van der Waals surface area (Å²) in [5.41, 5.74) is 2.95. The molecule has 2 rings (SSSR count). The Balaban J connectivity index is 2.57. The number of hydrogen-bond donors (Lipinski definition) is 1. The molecule has 0 aliphatic heterocycles. The summed E-state index contributed by atoms with van der Waals surface area (Å²) >= 11 is 5.05. The monoisotopic (exact) mass is 262 g/mol. The third-order valence-corrected chi connectivity index (χ3v) is 2.88. The zero-order valence-electron chi connectivity index (χ0n) is 10.5. The molecule has 94 valence electrons. The standard InChI is InChI=1S/C13H14N2O2S/c1-8-7-14-13(18)15-12(8)9-4-5-10(16-2)11(6-9)17-3/h4-7H,1-3H3,(H,14,15,18). The highest BCUT2D eigenvalue weighted by Gasteiger charge is 2.08. The van der Waals surface area contributed by atoms with Crippen molar-refractivity contribution in [2.75, 3.05) is 14.2 Å². The maximum absolute atomic E-state index is 5.29. The van der Waals surface area contributed by atoms with Gasteiger partial charge in [0.15, 0.2) is 16.3 Å². The first-order chi connectivity index (χ1) is 8.65. The smallest absolute Gasteiger partial charge is 0.197 e. The van der Waals surface area contributed by atoms with Crippen molar-refractivity contribution in [2.45, 2.75) is 6.92 Å². The lowest BCUT2D eigenvalue weighted by Crippen LogP contribution is -1.94. The summed E-state index contributed by atoms with van der Waals surface area (Å²) in [5, 5.41) is 0. The van der Waals surface area contributed by atoms with Crippen LogP contribution in [-0.4, -0.2) is 24.2 Å². The first-order valence-corrected chi connectivity index (χ1v) is 5.85. The number of aromatic amines is 1. The Morgan fingerprint density at radius 2 is 1.89 bits per heavy atom. The Labute approximate surface area is 111 Å². The molecule has 0 unspecified atom stereocenters. The molecule has 0 saturated heterocycles. The number of hydrogen-bond acceptors (Lipinski definition) is 4. The van der Waals surface area contributed by atoms with Crippen LogP contribution in [0.1, 0.15) is 5.56 Å². The van der Waals surface area contributed by atoms with E-state index in [1.807, 2.05) is 25.1 Å². The third-order valence-electron chi connectivity index (χ3n) is 2.67. The van der Waals surface area contributed by atoms with Gasteiger partial charge >= 0.3 is 0 Å². The fraction of sp³-hybridized carbons (Fsp3) is 0.231. The van der Waals surface area contributed by atoms with E-state index < -0.39 is 0 Å². The highest BCUT2D eigenvalue weighted by atomic mass is 32.1. The molecule has 1 heterocycles. The van der Waals surface area contributed by atoms with Crippen molar-refractivity contribution in [1.29, 1.82) is 0 Å². The average Bonchev–Trinajstić information content (AvgIpc) is 2.40. The van der Waals surface area contributed by atoms with E-state index in [1.54, 1.807) is 20.4 Å². The lowest BCUT2D eigenvalue weighted by molar-refractivity contribution is 0.355. The number of H-pyrrole nitrogens is 1. The van der Waals surface area contributed by atoms with Gasteiger partial charge in [0.05, 0.1) is 19.9 Å². The summed E-state index contributed by atoms with van der Waals surface area (Å²) < 4.78 is 11.0. The number of nitrogens with one attached hydrogen (secondary N) is 1. The molecule has 0 aliphatic rings. The summed E-state index contributed by atoms with van der Waals surface area (Å²) in [6.07, 6.45) is 1.75. The molecule has 0 aliphatic carbocycles. The molecule has 0 fully saturated rings. The first-order valence-electron chi connectivity index (χ1n) is 5.44. The van der Waals surface area contributed by atoms with Gasteiger partial charge in [0.1, 0.15) is 0 Å². The van der Waals surface area contributed by atoms with Gasteiger partial charge in [-0.3, -0.25) is 0 Å². The Hall–Kier alpha value is -1.88. The van der Waals surface area contributed by atoms with Crippen LogP contribution in [0.2, 0.25) is 0 Å². The van der Waals surface area contributed by atoms with Crippen LogP contribution in [-0.2, 0) is 0 Å². The number of methoxy groups -OCH3 is 2. The fourth-order valence-electron chi connectivity index (χ4n) is 1.75. The Morgan fingerprint density at radius 3 is 2.56 bits per heavy atom. The summed E-state index contributed by atoms with van der Waals surface area (Å²) in [6.45, 7) is 1.98. The molecule has 0 spiro atoms. The maximum Gasteiger partial charge on any atom is 0.197 e. The number of aryl methyl sites for hydroxylation is 1. The van der Waals surface area contributed by atoms with Gasteiger partial charge in [-0.15, -0.1) is 0 Å². The van der Waals surface area contributed by atoms with Crippen LogP contribution in [0, 0.1) is 11.7 Å². The van der Waals surface area contributed by atoms with E-state index in [0.29, 0.717) is 16.3 Å². The summed E-state index contributed by atoms with van der Waals surface area (Å²) in [4.78, 5) is 7.13. The van der Waals surface area contributed by atoms with E-state index in [2.05, 4.69) is 9.97 Å². The van der Waals surface area contributed by atoms with Gasteiger partial charge in [-0.1, -0.05) is 0 Å². The van der Waals surface area contributed by atoms with Crippen molar-refractivity contribution in [2.24, 2.45) is 0 Å². The predicted octanol–water partition coefficient (Wildman–Crippen LogP) is 3.13. The molecule has 0 radical (unpaired) electrons. The van der Waals surface area contributed by atoms with Gasteiger partial charge in [0.2, 0.25) is 0 Å². The summed E-state index contributed by atoms with van der Waals surface area (Å²) in [7, 11) is 3.23. The molecule has 1 N–H and O–H groups in total. The first kappa shape index (κ1) is 12.6. The van der Waals surface area contributed by atoms with Crippen molar-refractivity contribution in [3.63, 3.8) is 0 Å². The van der Waals surface area contributed by atoms with Gasteiger partial charge in [-0.05, 0) is 42.9 Å². The maximum atomic E-state index is 5.29. The molecule has 1 aromatic carbocycles. The normalized spacial score (nSPS) is 10.2. The molecule has 2 aromatic rings. The van der Waals surface area contributed by atoms with E-state index in [1.165, 1.54) is 0 Å². The quantitative estimate of drug-likeness (QED) is 0.863. The van der Waals surface area contributed by atoms with E-state index in [4.69, 9.17) is 21.7 Å². The Kier molecular flexibility index (Phi) is 3.62. The van der Waals surface area contributed by atoms with Gasteiger partial charge in [-0.25, -0.2) is 4.98 Å². The molecule has 18 heavy (non-hydrogen) atoms. The second-order valence-corrected chi connectivity index (χ2v) is 4.20. The van der Waals surface area contributed by atoms with E-state index in [0.717, 1.165) is 16.8 Å². The largest absolute Gasteiger partial charge is 0.493 e. The molecular formula is C13H14N2O2S. The Morgan fingerprint density at radius 1 is 1.17 bits per heavy atom. The Bertz CT molecular complexity index is 623. The lowest BCUT2D eigenvalue weighted by atomic mass is 10.1. The molecular weight excluding hydrogens is 248 g/mol. The fourth-order valence-corrected chi connectivity index (χ4v) is 1.90. The van der Waals surface area contributed by atoms with Crippen LogP contribution in [0.15, 0.2) is 24.4 Å². The van der Waals surface area contributed by atoms with Gasteiger partial charge < -0.3 is 14.5 Å². The molecule has 5 heteroatoms. The lowest BCUT2D eigenvalue weighted by Gasteiger charge is -2.10. The minimum absolute atomic E-state index is 0.463. The minimum atomic E-state index is 0.463. The predicted molar refractivity (Wildman–Crippen MR) is 72.7 cm³/mol. The molecule has 1 aromatic heterocycles. The molecule has 0 atom stereocenters. The second-order valence-electron chi connectivity index (χ2n) is 3.82. The number of aromatic nitrogens is 2.